The Balaban J connectivity index is 0.000000168. The van der Waals surface area contributed by atoms with Gasteiger partial charge >= 0.3 is 0 Å². The lowest BCUT2D eigenvalue weighted by Gasteiger charge is -2.40. The summed E-state index contributed by atoms with van der Waals surface area (Å²) in [5.74, 6) is -0.658. The number of piperidine rings is 2. The molecule has 0 bridgehead atoms. The summed E-state index contributed by atoms with van der Waals surface area (Å²) in [5, 5.41) is 4.34. The first-order chi connectivity index (χ1) is 41.2. The van der Waals surface area contributed by atoms with Gasteiger partial charge in [0.25, 0.3) is 0 Å². The molecule has 8 aromatic rings. The van der Waals surface area contributed by atoms with Crippen LogP contribution in [0.2, 0.25) is 0 Å². The molecule has 5 fully saturated rings. The van der Waals surface area contributed by atoms with Crippen molar-refractivity contribution in [3.05, 3.63) is 187 Å². The molecule has 2 aliphatic carbocycles. The molecule has 1 N–H and O–H groups in total. The summed E-state index contributed by atoms with van der Waals surface area (Å²) in [5.41, 5.74) is 12.0. The van der Waals surface area contributed by atoms with Crippen LogP contribution in [0.3, 0.4) is 0 Å². The van der Waals surface area contributed by atoms with Crippen LogP contribution in [0.4, 0.5) is 25.8 Å². The van der Waals surface area contributed by atoms with Crippen molar-refractivity contribution in [1.29, 1.82) is 0 Å². The number of halogens is 2. The molecule has 13 rings (SSSR count). The summed E-state index contributed by atoms with van der Waals surface area (Å²) < 4.78 is 40.2. The quantitative estimate of drug-likeness (QED) is 0.0985. The van der Waals surface area contributed by atoms with Crippen molar-refractivity contribution in [2.75, 3.05) is 67.6 Å². The predicted octanol–water partition coefficient (Wildman–Crippen LogP) is 10.9. The summed E-state index contributed by atoms with van der Waals surface area (Å²) in [6, 6.07) is 24.7. The fourth-order valence-corrected chi connectivity index (χ4v) is 13.1. The number of anilines is 3. The van der Waals surface area contributed by atoms with E-state index in [1.54, 1.807) is 6.07 Å². The fourth-order valence-electron chi connectivity index (χ4n) is 13.1. The highest BCUT2D eigenvalue weighted by Gasteiger charge is 2.33. The van der Waals surface area contributed by atoms with Crippen LogP contribution in [0, 0.1) is 39.3 Å². The topological polar surface area (TPSA) is 133 Å². The summed E-state index contributed by atoms with van der Waals surface area (Å²) >= 11 is 0. The smallest absolute Gasteiger partial charge is 0.193 e. The number of aromatic nitrogens is 6. The molecule has 0 amide bonds. The SMILES string of the molecule is COc1cc2c(cc1F)c(=O)c(CN(Cc1ccnc(C)c1)[C@H]1CCCN(c3ccc(C)nc3)C1)cn2C1CC1.Cc1ccc(N2CCC[C@H](N(Cc3ccnc(C)c3)Cc3cn(C4CC4)c4cc(N5CCN[C@H](C)C5)c(F)cc4c3=O)C2)cn1. The number of ether oxygens (including phenoxy) is 1. The van der Waals surface area contributed by atoms with Gasteiger partial charge in [0.2, 0.25) is 0 Å². The van der Waals surface area contributed by atoms with Crippen LogP contribution in [-0.2, 0) is 26.2 Å². The summed E-state index contributed by atoms with van der Waals surface area (Å²) in [6.07, 6.45) is 20.2. The van der Waals surface area contributed by atoms with Gasteiger partial charge in [0, 0.05) is 178 Å². The van der Waals surface area contributed by atoms with Crippen molar-refractivity contribution in [3.63, 3.8) is 0 Å². The third-order valence-corrected chi connectivity index (χ3v) is 17.9. The maximum Gasteiger partial charge on any atom is 0.193 e. The zero-order valence-corrected chi connectivity index (χ0v) is 50.1. The van der Waals surface area contributed by atoms with E-state index < -0.39 is 5.82 Å². The zero-order valence-electron chi connectivity index (χ0n) is 50.1. The normalized spacial score (nSPS) is 19.2. The van der Waals surface area contributed by atoms with E-state index in [1.165, 1.54) is 30.4 Å². The first kappa shape index (κ1) is 57.8. The van der Waals surface area contributed by atoms with Crippen molar-refractivity contribution in [3.8, 4) is 5.75 Å². The molecule has 9 heterocycles. The minimum absolute atomic E-state index is 0.0627. The Morgan fingerprint density at radius 3 is 1.53 bits per heavy atom. The van der Waals surface area contributed by atoms with Gasteiger partial charge in [0.15, 0.2) is 22.4 Å². The van der Waals surface area contributed by atoms with Crippen LogP contribution in [-0.4, -0.2) is 110 Å². The second-order valence-corrected chi connectivity index (χ2v) is 24.6. The van der Waals surface area contributed by atoms with Crippen molar-refractivity contribution < 1.29 is 13.5 Å². The van der Waals surface area contributed by atoms with E-state index in [1.807, 2.05) is 64.7 Å². The van der Waals surface area contributed by atoms with Gasteiger partial charge in [0.05, 0.1) is 47.6 Å². The Morgan fingerprint density at radius 2 is 1.07 bits per heavy atom. The molecule has 444 valence electrons. The van der Waals surface area contributed by atoms with Crippen LogP contribution in [0.1, 0.15) is 115 Å². The number of aryl methyl sites for hydroxylation is 4. The average molecular weight is 1150 g/mol. The van der Waals surface area contributed by atoms with E-state index >= 15 is 4.39 Å². The Kier molecular flexibility index (Phi) is 17.1. The van der Waals surface area contributed by atoms with E-state index in [2.05, 4.69) is 121 Å². The summed E-state index contributed by atoms with van der Waals surface area (Å²) in [7, 11) is 1.46. The summed E-state index contributed by atoms with van der Waals surface area (Å²) in [6.45, 7) is 18.6. The fraction of sp³-hybridized carbons (Fsp3) is 0.441. The van der Waals surface area contributed by atoms with Gasteiger partial charge in [0.1, 0.15) is 5.82 Å². The highest BCUT2D eigenvalue weighted by Crippen LogP contribution is 2.40. The molecule has 2 saturated carbocycles. The minimum atomic E-state index is -0.509. The molecule has 5 aliphatic rings. The second kappa shape index (κ2) is 25.2. The molecule has 85 heavy (non-hydrogen) atoms. The predicted molar refractivity (Wildman–Crippen MR) is 334 cm³/mol. The van der Waals surface area contributed by atoms with Gasteiger partial charge in [-0.3, -0.25) is 39.3 Å². The number of piperazine rings is 1. The first-order valence-electron chi connectivity index (χ1n) is 30.6. The standard InChI is InChI=1S/C36H44FN7O.C32H36FN5O2/c1-24-6-7-30(18-40-24)41-13-4-5-31(23-41)43(20-27-10-11-38-25(2)15-27)21-28-22-44(29-8-9-29)34-17-35(33(37)16-32(34)36(28)45)42-14-12-39-26(3)19-42;1-21-6-7-26(16-35-21)36-12-4-5-27(20-36)37(17-23-10-11-34-22(2)13-23)18-24-19-38(25-8-9-25)30-15-31(40-3)29(33)14-28(30)32(24)39/h6-7,10-11,15-18,22,26,29,31,39H,4-5,8-9,12-14,19-21,23H2,1-3H3;6-7,10-11,13-16,19,25,27H,4-5,8-9,12,17-18,20H2,1-3H3/t26-,31+;27-/m10/s1. The van der Waals surface area contributed by atoms with E-state index in [0.29, 0.717) is 60.3 Å². The molecule has 2 aromatic carbocycles. The number of hydrogen-bond donors (Lipinski definition) is 1. The van der Waals surface area contributed by atoms with Gasteiger partial charge < -0.3 is 33.9 Å². The Bertz CT molecular complexity index is 3810. The van der Waals surface area contributed by atoms with Crippen LogP contribution in [0.5, 0.6) is 5.75 Å². The number of methoxy groups -OCH3 is 1. The first-order valence-corrected chi connectivity index (χ1v) is 30.6. The van der Waals surface area contributed by atoms with E-state index in [4.69, 9.17) is 4.74 Å². The van der Waals surface area contributed by atoms with Crippen LogP contribution < -0.4 is 35.6 Å². The molecule has 3 atom stereocenters. The van der Waals surface area contributed by atoms with Crippen molar-refractivity contribution in [2.24, 2.45) is 0 Å². The van der Waals surface area contributed by atoms with Crippen LogP contribution >= 0.6 is 0 Å². The number of nitrogens with one attached hydrogen (secondary N) is 1. The van der Waals surface area contributed by atoms with Crippen molar-refractivity contribution in [2.45, 2.75) is 142 Å². The zero-order chi connectivity index (χ0) is 58.9. The highest BCUT2D eigenvalue weighted by molar-refractivity contribution is 5.84. The molecule has 0 unspecified atom stereocenters. The van der Waals surface area contributed by atoms with E-state index in [-0.39, 0.29) is 40.5 Å². The van der Waals surface area contributed by atoms with Gasteiger partial charge in [-0.05, 0) is 164 Å². The third kappa shape index (κ3) is 13.3. The summed E-state index contributed by atoms with van der Waals surface area (Å²) in [4.78, 5) is 57.7. The molecule has 0 radical (unpaired) electrons. The maximum atomic E-state index is 15.8. The lowest BCUT2D eigenvalue weighted by molar-refractivity contribution is 0.158. The van der Waals surface area contributed by atoms with E-state index in [0.717, 1.165) is 148 Å². The molecular formula is C68H80F2N12O3. The van der Waals surface area contributed by atoms with Gasteiger partial charge in [-0.1, -0.05) is 0 Å². The van der Waals surface area contributed by atoms with Crippen LogP contribution in [0.25, 0.3) is 21.8 Å². The molecule has 6 aromatic heterocycles. The Morgan fingerprint density at radius 1 is 0.565 bits per heavy atom. The number of rotatable bonds is 16. The lowest BCUT2D eigenvalue weighted by atomic mass is 10.0. The largest absolute Gasteiger partial charge is 0.494 e. The van der Waals surface area contributed by atoms with Crippen LogP contribution in [0.15, 0.2) is 120 Å². The number of benzene rings is 2. The number of hydrogen-bond acceptors (Lipinski definition) is 13. The van der Waals surface area contributed by atoms with Gasteiger partial charge in [-0.15, -0.1) is 0 Å². The number of fused-ring (bicyclic) bond motifs is 2. The molecule has 3 aliphatic heterocycles. The second-order valence-electron chi connectivity index (χ2n) is 24.6. The van der Waals surface area contributed by atoms with Crippen molar-refractivity contribution in [1.82, 2.24) is 44.2 Å². The molecule has 3 saturated heterocycles. The lowest BCUT2D eigenvalue weighted by Crippen LogP contribution is -2.49. The minimum Gasteiger partial charge on any atom is -0.494 e. The molecule has 17 heteroatoms. The third-order valence-electron chi connectivity index (χ3n) is 17.9. The highest BCUT2D eigenvalue weighted by atomic mass is 19.1. The molecule has 0 spiro atoms. The average Bonchev–Trinajstić information content (AvgIpc) is 3.19. The molecule has 15 nitrogen and oxygen atoms in total. The van der Waals surface area contributed by atoms with Gasteiger partial charge in [-0.2, -0.15) is 0 Å². The van der Waals surface area contributed by atoms with Gasteiger partial charge in [-0.25, -0.2) is 8.78 Å². The van der Waals surface area contributed by atoms with Crippen molar-refractivity contribution >= 4 is 38.9 Å². The number of pyridine rings is 6. The van der Waals surface area contributed by atoms with E-state index in [9.17, 15) is 14.0 Å². The maximum absolute atomic E-state index is 15.8. The monoisotopic (exact) mass is 1150 g/mol. The Hall–Kier alpha value is -7.60. The molecular weight excluding hydrogens is 1070 g/mol. The number of nitrogens with zero attached hydrogens (tertiary/aromatic N) is 11. The Labute approximate surface area is 497 Å².